The Kier molecular flexibility index (Phi) is 4.76. The molecule has 0 aliphatic rings. The van der Waals surface area contributed by atoms with Gasteiger partial charge in [-0.3, -0.25) is 4.79 Å². The minimum absolute atomic E-state index is 0.0915. The summed E-state index contributed by atoms with van der Waals surface area (Å²) in [5.41, 5.74) is 1.82. The molecule has 1 amide bonds. The molecule has 0 fully saturated rings. The summed E-state index contributed by atoms with van der Waals surface area (Å²) in [7, 11) is 0. The van der Waals surface area contributed by atoms with Crippen molar-refractivity contribution >= 4 is 11.6 Å². The number of benzene rings is 1. The van der Waals surface area contributed by atoms with Gasteiger partial charge in [-0.1, -0.05) is 30.3 Å². The van der Waals surface area contributed by atoms with Crippen LogP contribution in [0.25, 0.3) is 16.9 Å². The van der Waals surface area contributed by atoms with Gasteiger partial charge in [0.25, 0.3) is 12.3 Å². The van der Waals surface area contributed by atoms with E-state index in [1.165, 1.54) is 12.3 Å². The molecule has 4 rings (SSSR count). The Labute approximate surface area is 158 Å². The molecule has 0 radical (unpaired) electrons. The van der Waals surface area contributed by atoms with Gasteiger partial charge in [-0.15, -0.1) is 0 Å². The molecule has 0 spiro atoms. The number of amides is 1. The summed E-state index contributed by atoms with van der Waals surface area (Å²) in [5.74, 6) is -0.434. The van der Waals surface area contributed by atoms with Crippen LogP contribution < -0.4 is 10.3 Å². The number of rotatable bonds is 5. The number of nitrogens with one attached hydrogen (secondary N) is 2. The Morgan fingerprint density at radius 3 is 2.71 bits per heavy atom. The summed E-state index contributed by atoms with van der Waals surface area (Å²) in [6.45, 7) is 0.285. The van der Waals surface area contributed by atoms with Crippen LogP contribution in [0.4, 0.5) is 8.78 Å². The fraction of sp³-hybridized carbons (Fsp3) is 0.100. The number of halogens is 2. The average molecular weight is 380 g/mol. The first-order valence-electron chi connectivity index (χ1n) is 8.59. The fourth-order valence-corrected chi connectivity index (χ4v) is 2.88. The Balaban J connectivity index is 1.73. The minimum atomic E-state index is -2.76. The third-order valence-corrected chi connectivity index (χ3v) is 4.26. The zero-order valence-electron chi connectivity index (χ0n) is 14.6. The standard InChI is InChI=1S/C20H15F2N5O/c21-18(22)17-9-16(14-6-2-1-3-7-14)26-19-15(12-25-27(17)19)20(28)24-11-13-5-4-8-23-10-13/h1-10,12,18H,11H2,(H,24,28)/p+1. The smallest absolute Gasteiger partial charge is 0.280 e. The van der Waals surface area contributed by atoms with Gasteiger partial charge in [0.2, 0.25) is 0 Å². The molecular formula is C20H16F2N5O+. The molecule has 8 heteroatoms. The molecule has 140 valence electrons. The average Bonchev–Trinajstić information content (AvgIpc) is 3.16. The van der Waals surface area contributed by atoms with Crippen molar-refractivity contribution in [3.63, 3.8) is 0 Å². The highest BCUT2D eigenvalue weighted by molar-refractivity contribution is 5.99. The normalized spacial score (nSPS) is 11.1. The van der Waals surface area contributed by atoms with Gasteiger partial charge in [-0.2, -0.15) is 5.10 Å². The van der Waals surface area contributed by atoms with E-state index in [0.29, 0.717) is 11.3 Å². The first kappa shape index (κ1) is 17.7. The fourth-order valence-electron chi connectivity index (χ4n) is 2.88. The number of aromatic amines is 1. The van der Waals surface area contributed by atoms with Crippen LogP contribution in [-0.4, -0.2) is 20.5 Å². The molecule has 0 atom stereocenters. The van der Waals surface area contributed by atoms with Crippen LogP contribution in [0.2, 0.25) is 0 Å². The van der Waals surface area contributed by atoms with E-state index in [1.807, 2.05) is 18.2 Å². The summed E-state index contributed by atoms with van der Waals surface area (Å²) >= 11 is 0. The number of alkyl halides is 2. The van der Waals surface area contributed by atoms with E-state index in [2.05, 4.69) is 20.4 Å². The van der Waals surface area contributed by atoms with Gasteiger partial charge in [0.05, 0.1) is 11.9 Å². The van der Waals surface area contributed by atoms with E-state index in [9.17, 15) is 13.6 Å². The highest BCUT2D eigenvalue weighted by Gasteiger charge is 2.21. The zero-order valence-corrected chi connectivity index (χ0v) is 14.6. The molecule has 0 saturated heterocycles. The van der Waals surface area contributed by atoms with Crippen molar-refractivity contribution in [2.45, 2.75) is 13.0 Å². The summed E-state index contributed by atoms with van der Waals surface area (Å²) in [6.07, 6.45) is 2.02. The highest BCUT2D eigenvalue weighted by Crippen LogP contribution is 2.26. The van der Waals surface area contributed by atoms with Gasteiger partial charge in [-0.25, -0.2) is 23.3 Å². The van der Waals surface area contributed by atoms with Crippen LogP contribution in [0, 0.1) is 0 Å². The lowest BCUT2D eigenvalue weighted by molar-refractivity contribution is -0.378. The number of nitrogens with zero attached hydrogens (tertiary/aromatic N) is 3. The van der Waals surface area contributed by atoms with E-state index < -0.39 is 12.3 Å². The Morgan fingerprint density at radius 1 is 1.18 bits per heavy atom. The quantitative estimate of drug-likeness (QED) is 0.578. The molecule has 0 aliphatic carbocycles. The first-order chi connectivity index (χ1) is 13.6. The second-order valence-corrected chi connectivity index (χ2v) is 6.12. The van der Waals surface area contributed by atoms with Crippen molar-refractivity contribution in [2.75, 3.05) is 0 Å². The Hall–Kier alpha value is -3.68. The zero-order chi connectivity index (χ0) is 19.5. The van der Waals surface area contributed by atoms with Crippen molar-refractivity contribution in [1.29, 1.82) is 0 Å². The minimum Gasteiger partial charge on any atom is -0.348 e. The van der Waals surface area contributed by atoms with Gasteiger partial charge in [0, 0.05) is 23.7 Å². The van der Waals surface area contributed by atoms with E-state index in [1.54, 1.807) is 36.7 Å². The summed E-state index contributed by atoms with van der Waals surface area (Å²) in [5, 5.41) is 6.72. The molecule has 3 aromatic heterocycles. The van der Waals surface area contributed by atoms with Crippen LogP contribution >= 0.6 is 0 Å². The molecule has 28 heavy (non-hydrogen) atoms. The second-order valence-electron chi connectivity index (χ2n) is 6.12. The third kappa shape index (κ3) is 3.44. The predicted molar refractivity (Wildman–Crippen MR) is 97.5 cm³/mol. The van der Waals surface area contributed by atoms with Crippen LogP contribution in [0.3, 0.4) is 0 Å². The maximum atomic E-state index is 13.6. The van der Waals surface area contributed by atoms with E-state index in [-0.39, 0.29) is 23.4 Å². The molecule has 2 N–H and O–H groups in total. The van der Waals surface area contributed by atoms with Crippen molar-refractivity contribution in [1.82, 2.24) is 19.9 Å². The number of hydrogen-bond donors (Lipinski definition) is 1. The molecular weight excluding hydrogens is 364 g/mol. The van der Waals surface area contributed by atoms with Crippen LogP contribution in [0.1, 0.15) is 28.0 Å². The monoisotopic (exact) mass is 380 g/mol. The summed E-state index contributed by atoms with van der Waals surface area (Å²) in [6, 6.07) is 13.9. The molecule has 0 aliphatic heterocycles. The Bertz CT molecular complexity index is 1110. The van der Waals surface area contributed by atoms with Crippen molar-refractivity contribution in [3.8, 4) is 11.3 Å². The summed E-state index contributed by atoms with van der Waals surface area (Å²) in [4.78, 5) is 20.0. The number of carbonyl (C=O) groups is 1. The third-order valence-electron chi connectivity index (χ3n) is 4.26. The van der Waals surface area contributed by atoms with Crippen LogP contribution in [0.15, 0.2) is 67.1 Å². The molecule has 6 nitrogen and oxygen atoms in total. The number of H-pyrrole nitrogens is 1. The largest absolute Gasteiger partial charge is 0.348 e. The van der Waals surface area contributed by atoms with Crippen LogP contribution in [0.5, 0.6) is 0 Å². The molecule has 0 bridgehead atoms. The lowest BCUT2D eigenvalue weighted by Crippen LogP contribution is -2.23. The number of aromatic nitrogens is 4. The van der Waals surface area contributed by atoms with Crippen molar-refractivity contribution in [2.24, 2.45) is 0 Å². The maximum Gasteiger partial charge on any atom is 0.280 e. The number of fused-ring (bicyclic) bond motifs is 1. The molecule has 1 aromatic carbocycles. The van der Waals surface area contributed by atoms with E-state index >= 15 is 0 Å². The second kappa shape index (κ2) is 7.51. The van der Waals surface area contributed by atoms with Crippen molar-refractivity contribution < 1.29 is 18.6 Å². The topological polar surface area (TPSA) is 73.4 Å². The van der Waals surface area contributed by atoms with Crippen LogP contribution in [-0.2, 0) is 6.54 Å². The first-order valence-corrected chi connectivity index (χ1v) is 8.59. The van der Waals surface area contributed by atoms with E-state index in [0.717, 1.165) is 10.1 Å². The van der Waals surface area contributed by atoms with Gasteiger partial charge in [0.1, 0.15) is 11.3 Å². The van der Waals surface area contributed by atoms with Gasteiger partial charge in [-0.05, 0) is 12.1 Å². The number of hydrogen-bond acceptors (Lipinski definition) is 3. The predicted octanol–water partition coefficient (Wildman–Crippen LogP) is 3.08. The SMILES string of the molecule is O=C(NCc1ccc[nH+]c1)c1cnn2c(C(F)F)cc(-c3ccccc3)nc12. The Morgan fingerprint density at radius 2 is 2.00 bits per heavy atom. The lowest BCUT2D eigenvalue weighted by atomic mass is 10.1. The highest BCUT2D eigenvalue weighted by atomic mass is 19.3. The lowest BCUT2D eigenvalue weighted by Gasteiger charge is -2.08. The molecule has 3 heterocycles. The molecule has 4 aromatic rings. The summed E-state index contributed by atoms with van der Waals surface area (Å²) < 4.78 is 28.2. The maximum absolute atomic E-state index is 13.6. The number of carbonyl (C=O) groups excluding carboxylic acids is 1. The van der Waals surface area contributed by atoms with Crippen molar-refractivity contribution in [3.05, 3.63) is 83.9 Å². The van der Waals surface area contributed by atoms with Gasteiger partial charge in [0.15, 0.2) is 18.0 Å². The van der Waals surface area contributed by atoms with Gasteiger partial charge >= 0.3 is 0 Å². The molecule has 0 unspecified atom stereocenters. The molecule has 0 saturated carbocycles. The van der Waals surface area contributed by atoms with E-state index in [4.69, 9.17) is 0 Å². The number of pyridine rings is 1. The van der Waals surface area contributed by atoms with Gasteiger partial charge < -0.3 is 5.32 Å².